The summed E-state index contributed by atoms with van der Waals surface area (Å²) in [5, 5.41) is 1.19. The van der Waals surface area contributed by atoms with Gasteiger partial charge >= 0.3 is 6.09 Å². The minimum Gasteiger partial charge on any atom is -0.444 e. The Hall–Kier alpha value is -2.24. The van der Waals surface area contributed by atoms with Gasteiger partial charge in [0.15, 0.2) is 0 Å². The van der Waals surface area contributed by atoms with Crippen molar-refractivity contribution >= 4 is 11.8 Å². The molecule has 1 aromatic rings. The molecule has 0 unspecified atom stereocenters. The number of nitrogens with zero attached hydrogens (tertiary/aromatic N) is 3. The molecule has 1 aromatic heterocycles. The number of fused-ring (bicyclic) bond motifs is 1. The molecule has 3 rings (SSSR count). The van der Waals surface area contributed by atoms with Gasteiger partial charge in [0, 0.05) is 36.6 Å². The number of rotatable bonds is 1. The molecule has 1 saturated heterocycles. The molecular weight excluding hydrogens is 340 g/mol. The third-order valence-electron chi connectivity index (χ3n) is 5.21. The largest absolute Gasteiger partial charge is 0.444 e. The number of H-pyrrole nitrogens is 1. The predicted octanol–water partition coefficient (Wildman–Crippen LogP) is 2.34. The van der Waals surface area contributed by atoms with Crippen molar-refractivity contribution in [2.24, 2.45) is 4.99 Å². The standard InChI is InChI=1S/C21H32N4O2/c1-13-8-9-22-19-17(14(2)10-23-19)18(13)24-11-16(4)25(12-15(24)3)20(26)27-21(5,6)7/h8,10,15-16H,9,11-12H2,1-7H3,(H,22,23)/t15-,16+/m0/s1. The van der Waals surface area contributed by atoms with Crippen LogP contribution in [-0.4, -0.2) is 58.2 Å². The Morgan fingerprint density at radius 1 is 1.22 bits per heavy atom. The first-order chi connectivity index (χ1) is 12.6. The predicted molar refractivity (Wildman–Crippen MR) is 107 cm³/mol. The van der Waals surface area contributed by atoms with E-state index < -0.39 is 5.60 Å². The number of aromatic amines is 1. The normalized spacial score (nSPS) is 23.4. The van der Waals surface area contributed by atoms with E-state index in [0.29, 0.717) is 13.1 Å². The minimum atomic E-state index is -0.481. The summed E-state index contributed by atoms with van der Waals surface area (Å²) in [6.07, 6.45) is 3.98. The molecule has 0 spiro atoms. The van der Waals surface area contributed by atoms with Crippen molar-refractivity contribution in [2.45, 2.75) is 66.2 Å². The fourth-order valence-corrected chi connectivity index (χ4v) is 3.88. The number of hydrogen-bond acceptors (Lipinski definition) is 4. The third kappa shape index (κ3) is 3.89. The van der Waals surface area contributed by atoms with Crippen molar-refractivity contribution in [2.75, 3.05) is 19.6 Å². The van der Waals surface area contributed by atoms with E-state index in [1.165, 1.54) is 22.1 Å². The second-order valence-electron chi connectivity index (χ2n) is 8.75. The van der Waals surface area contributed by atoms with Crippen LogP contribution in [0.3, 0.4) is 0 Å². The molecule has 0 saturated carbocycles. The zero-order valence-corrected chi connectivity index (χ0v) is 17.6. The van der Waals surface area contributed by atoms with Crippen molar-refractivity contribution in [1.82, 2.24) is 14.8 Å². The van der Waals surface area contributed by atoms with Crippen LogP contribution >= 0.6 is 0 Å². The van der Waals surface area contributed by atoms with E-state index in [9.17, 15) is 4.79 Å². The Balaban J connectivity index is 1.95. The molecule has 2 aliphatic heterocycles. The lowest BCUT2D eigenvalue weighted by atomic mass is 10.0. The monoisotopic (exact) mass is 372 g/mol. The zero-order valence-electron chi connectivity index (χ0n) is 17.6. The van der Waals surface area contributed by atoms with Crippen molar-refractivity contribution in [3.63, 3.8) is 0 Å². The molecule has 0 aliphatic carbocycles. The number of carbonyl (C=O) groups is 1. The van der Waals surface area contributed by atoms with Gasteiger partial charge in [-0.05, 0) is 59.6 Å². The molecule has 1 amide bonds. The first-order valence-corrected chi connectivity index (χ1v) is 9.74. The molecule has 3 heterocycles. The van der Waals surface area contributed by atoms with Gasteiger partial charge in [-0.2, -0.15) is 0 Å². The average Bonchev–Trinajstić information content (AvgIpc) is 2.81. The number of ether oxygens (including phenoxy) is 1. The van der Waals surface area contributed by atoms with Gasteiger partial charge in [-0.1, -0.05) is 6.08 Å². The summed E-state index contributed by atoms with van der Waals surface area (Å²) < 4.78 is 5.61. The molecule has 0 aromatic carbocycles. The smallest absolute Gasteiger partial charge is 0.410 e. The summed E-state index contributed by atoms with van der Waals surface area (Å²) in [5.41, 5.74) is 4.14. The van der Waals surface area contributed by atoms with Crippen LogP contribution in [0.1, 0.15) is 47.1 Å². The van der Waals surface area contributed by atoms with E-state index in [2.05, 4.69) is 48.6 Å². The van der Waals surface area contributed by atoms with E-state index in [-0.39, 0.29) is 18.2 Å². The van der Waals surface area contributed by atoms with Crippen LogP contribution in [-0.2, 0) is 4.74 Å². The highest BCUT2D eigenvalue weighted by Gasteiger charge is 2.36. The van der Waals surface area contributed by atoms with Crippen LogP contribution in [0.15, 0.2) is 22.8 Å². The van der Waals surface area contributed by atoms with E-state index >= 15 is 0 Å². The van der Waals surface area contributed by atoms with Gasteiger partial charge in [-0.15, -0.1) is 0 Å². The van der Waals surface area contributed by atoms with E-state index in [4.69, 9.17) is 4.74 Å². The number of piperazine rings is 1. The Morgan fingerprint density at radius 3 is 2.59 bits per heavy atom. The van der Waals surface area contributed by atoms with Crippen LogP contribution in [0.25, 0.3) is 5.70 Å². The zero-order chi connectivity index (χ0) is 19.9. The quantitative estimate of drug-likeness (QED) is 0.823. The molecule has 1 fully saturated rings. The summed E-state index contributed by atoms with van der Waals surface area (Å²) in [6, 6.07) is 0.256. The maximum atomic E-state index is 12.6. The highest BCUT2D eigenvalue weighted by atomic mass is 16.6. The molecule has 148 valence electrons. The fourth-order valence-electron chi connectivity index (χ4n) is 3.88. The molecule has 27 heavy (non-hydrogen) atoms. The van der Waals surface area contributed by atoms with Gasteiger partial charge in [0.2, 0.25) is 0 Å². The van der Waals surface area contributed by atoms with Crippen molar-refractivity contribution in [3.8, 4) is 0 Å². The molecule has 0 bridgehead atoms. The first kappa shape index (κ1) is 19.5. The molecule has 0 radical (unpaired) electrons. The van der Waals surface area contributed by atoms with E-state index in [1.54, 1.807) is 0 Å². The molecule has 2 aliphatic rings. The van der Waals surface area contributed by atoms with Gasteiger partial charge < -0.3 is 19.5 Å². The van der Waals surface area contributed by atoms with Crippen molar-refractivity contribution in [1.29, 1.82) is 0 Å². The Morgan fingerprint density at radius 2 is 1.93 bits per heavy atom. The van der Waals surface area contributed by atoms with Gasteiger partial charge in [0.25, 0.3) is 0 Å². The Bertz CT molecular complexity index is 875. The summed E-state index contributed by atoms with van der Waals surface area (Å²) >= 11 is 0. The number of aromatic nitrogens is 1. The Labute approximate surface area is 161 Å². The maximum Gasteiger partial charge on any atom is 0.410 e. The summed E-state index contributed by atoms with van der Waals surface area (Å²) in [4.78, 5) is 24.9. The van der Waals surface area contributed by atoms with Gasteiger partial charge in [0.05, 0.1) is 12.2 Å². The van der Waals surface area contributed by atoms with E-state index in [0.717, 1.165) is 12.0 Å². The number of aryl methyl sites for hydroxylation is 1. The summed E-state index contributed by atoms with van der Waals surface area (Å²) in [7, 11) is 0. The average molecular weight is 373 g/mol. The molecule has 1 N–H and O–H groups in total. The van der Waals surface area contributed by atoms with Gasteiger partial charge in [-0.3, -0.25) is 4.99 Å². The topological polar surface area (TPSA) is 60.9 Å². The summed E-state index contributed by atoms with van der Waals surface area (Å²) in [5.74, 6) is 0. The van der Waals surface area contributed by atoms with Crippen LogP contribution in [0.4, 0.5) is 4.79 Å². The van der Waals surface area contributed by atoms with Crippen molar-refractivity contribution < 1.29 is 9.53 Å². The van der Waals surface area contributed by atoms with Crippen LogP contribution in [0.5, 0.6) is 0 Å². The van der Waals surface area contributed by atoms with Crippen LogP contribution in [0, 0.1) is 6.92 Å². The molecule has 6 nitrogen and oxygen atoms in total. The molecule has 2 atom stereocenters. The highest BCUT2D eigenvalue weighted by molar-refractivity contribution is 5.69. The number of hydrogen-bond donors (Lipinski definition) is 1. The van der Waals surface area contributed by atoms with Gasteiger partial charge in [-0.25, -0.2) is 4.79 Å². The third-order valence-corrected chi connectivity index (χ3v) is 5.21. The summed E-state index contributed by atoms with van der Waals surface area (Å²) in [6.45, 7) is 16.4. The second kappa shape index (κ2) is 7.06. The van der Waals surface area contributed by atoms with Gasteiger partial charge in [0.1, 0.15) is 11.1 Å². The number of amides is 1. The number of carbonyl (C=O) groups excluding carboxylic acids is 1. The van der Waals surface area contributed by atoms with Crippen LogP contribution < -0.4 is 10.7 Å². The van der Waals surface area contributed by atoms with E-state index in [1.807, 2.05) is 31.9 Å². The SMILES string of the molecule is CC1=CCN=c2[nH]cc(C)c2=C1N1C[C@@H](C)N(C(=O)OC(C)(C)C)C[C@@H]1C. The molecular formula is C21H32N4O2. The minimum absolute atomic E-state index is 0.0687. The Kier molecular flexibility index (Phi) is 5.10. The number of nitrogens with one attached hydrogen (secondary N) is 1. The fraction of sp³-hybridized carbons (Fsp3) is 0.619. The first-order valence-electron chi connectivity index (χ1n) is 9.74. The van der Waals surface area contributed by atoms with Crippen LogP contribution in [0.2, 0.25) is 0 Å². The lowest BCUT2D eigenvalue weighted by Crippen LogP contribution is -2.59. The molecule has 6 heteroatoms. The van der Waals surface area contributed by atoms with Crippen molar-refractivity contribution in [3.05, 3.63) is 34.1 Å². The lowest BCUT2D eigenvalue weighted by Gasteiger charge is -2.46. The second-order valence-corrected chi connectivity index (χ2v) is 8.75. The highest BCUT2D eigenvalue weighted by Crippen LogP contribution is 2.26. The maximum absolute atomic E-state index is 12.6. The lowest BCUT2D eigenvalue weighted by molar-refractivity contribution is -0.000906.